The predicted molar refractivity (Wildman–Crippen MR) is 187 cm³/mol. The number of aryl methyl sites for hydroxylation is 2. The van der Waals surface area contributed by atoms with Crippen molar-refractivity contribution in [3.8, 4) is 5.69 Å². The van der Waals surface area contributed by atoms with E-state index in [0.717, 1.165) is 47.2 Å². The predicted octanol–water partition coefficient (Wildman–Crippen LogP) is 7.53. The van der Waals surface area contributed by atoms with E-state index in [1.165, 1.54) is 36.0 Å². The molecule has 0 spiro atoms. The van der Waals surface area contributed by atoms with Gasteiger partial charge in [0.25, 0.3) is 5.91 Å². The maximum atomic E-state index is 13.3. The second kappa shape index (κ2) is 16.6. The number of carbonyl (C=O) groups excluding carboxylic acids is 2. The molecule has 1 aliphatic heterocycles. The van der Waals surface area contributed by atoms with Crippen LogP contribution in [0.1, 0.15) is 85.2 Å². The van der Waals surface area contributed by atoms with Crippen LogP contribution in [0.5, 0.6) is 0 Å². The number of hydrogen-bond donors (Lipinski definition) is 0. The molecule has 0 aliphatic carbocycles. The molecule has 1 fully saturated rings. The lowest BCUT2D eigenvalue weighted by Crippen LogP contribution is -2.55. The first-order valence-electron chi connectivity index (χ1n) is 16.8. The van der Waals surface area contributed by atoms with E-state index in [-0.39, 0.29) is 17.9 Å². The van der Waals surface area contributed by atoms with Gasteiger partial charge in [-0.25, -0.2) is 0 Å². The van der Waals surface area contributed by atoms with Crippen molar-refractivity contribution in [2.75, 3.05) is 25.4 Å². The lowest BCUT2D eigenvalue weighted by Gasteiger charge is -2.40. The summed E-state index contributed by atoms with van der Waals surface area (Å²) in [5, 5.41) is 10.0. The zero-order valence-corrected chi connectivity index (χ0v) is 28.3. The molecule has 1 saturated heterocycles. The lowest BCUT2D eigenvalue weighted by atomic mass is 10.0. The first-order valence-corrected chi connectivity index (χ1v) is 17.8. The van der Waals surface area contributed by atoms with Crippen molar-refractivity contribution in [3.63, 3.8) is 0 Å². The maximum absolute atomic E-state index is 13.3. The third-order valence-corrected chi connectivity index (χ3v) is 9.80. The van der Waals surface area contributed by atoms with Crippen LogP contribution in [0.2, 0.25) is 0 Å². The summed E-state index contributed by atoms with van der Waals surface area (Å²) in [6, 6.07) is 26.8. The lowest BCUT2D eigenvalue weighted by molar-refractivity contribution is -0.133. The van der Waals surface area contributed by atoms with Crippen LogP contribution in [0.3, 0.4) is 0 Å². The van der Waals surface area contributed by atoms with Gasteiger partial charge in [-0.3, -0.25) is 14.2 Å². The minimum atomic E-state index is -0.0112. The minimum absolute atomic E-state index is 0.0112. The first kappa shape index (κ1) is 33.5. The minimum Gasteiger partial charge on any atom is -0.339 e. The molecule has 0 saturated carbocycles. The number of aromatic nitrogens is 3. The highest BCUT2D eigenvalue weighted by molar-refractivity contribution is 7.99. The van der Waals surface area contributed by atoms with Crippen LogP contribution in [-0.4, -0.2) is 67.8 Å². The van der Waals surface area contributed by atoms with Crippen LogP contribution >= 0.6 is 11.8 Å². The topological polar surface area (TPSA) is 71.3 Å². The average Bonchev–Trinajstić information content (AvgIpc) is 3.46. The van der Waals surface area contributed by atoms with Gasteiger partial charge in [-0.15, -0.1) is 10.2 Å². The van der Waals surface area contributed by atoms with E-state index >= 15 is 0 Å². The van der Waals surface area contributed by atoms with Gasteiger partial charge < -0.3 is 9.80 Å². The largest absolute Gasteiger partial charge is 0.339 e. The summed E-state index contributed by atoms with van der Waals surface area (Å²) in [6.45, 7) is 8.11. The molecule has 3 aromatic carbocycles. The second-order valence-electron chi connectivity index (χ2n) is 12.3. The highest BCUT2D eigenvalue weighted by atomic mass is 32.2. The van der Waals surface area contributed by atoms with Gasteiger partial charge >= 0.3 is 0 Å². The summed E-state index contributed by atoms with van der Waals surface area (Å²) in [4.78, 5) is 30.2. The number of piperazine rings is 1. The van der Waals surface area contributed by atoms with Crippen molar-refractivity contribution in [2.45, 2.75) is 83.3 Å². The Labute approximate surface area is 278 Å². The summed E-state index contributed by atoms with van der Waals surface area (Å²) in [5.41, 5.74) is 5.49. The van der Waals surface area contributed by atoms with Gasteiger partial charge in [0, 0.05) is 49.8 Å². The van der Waals surface area contributed by atoms with Gasteiger partial charge in [-0.2, -0.15) is 0 Å². The standard InChI is InChI=1S/C38H47N5O2S/c1-4-5-7-15-31-20-22-33(23-21-31)37(45)42-25-24-41(28-30(42)3)36(44)19-12-13-26-46-38-40-39-35(27-32-16-8-6-9-17-32)43(38)34-18-11-10-14-29(34)2/h6,8-11,14,16-18,20-23,30H,4-5,7,12-13,15,19,24-28H2,1-3H3. The van der Waals surface area contributed by atoms with E-state index in [4.69, 9.17) is 0 Å². The number of rotatable bonds is 14. The molecule has 7 nitrogen and oxygen atoms in total. The number of benzene rings is 3. The smallest absolute Gasteiger partial charge is 0.254 e. The molecule has 242 valence electrons. The van der Waals surface area contributed by atoms with Crippen LogP contribution in [0, 0.1) is 6.92 Å². The molecule has 8 heteroatoms. The number of hydrogen-bond acceptors (Lipinski definition) is 5. The molecule has 46 heavy (non-hydrogen) atoms. The zero-order valence-electron chi connectivity index (χ0n) is 27.5. The summed E-state index contributed by atoms with van der Waals surface area (Å²) in [6.07, 6.45) is 7.63. The average molecular weight is 638 g/mol. The van der Waals surface area contributed by atoms with Gasteiger partial charge in [0.1, 0.15) is 5.82 Å². The monoisotopic (exact) mass is 637 g/mol. The van der Waals surface area contributed by atoms with Gasteiger partial charge in [0.15, 0.2) is 5.16 Å². The van der Waals surface area contributed by atoms with Crippen molar-refractivity contribution in [3.05, 3.63) is 107 Å². The molecule has 1 aromatic heterocycles. The first-order chi connectivity index (χ1) is 22.4. The number of carbonyl (C=O) groups is 2. The second-order valence-corrected chi connectivity index (χ2v) is 13.4. The highest BCUT2D eigenvalue weighted by Gasteiger charge is 2.30. The Morgan fingerprint density at radius 2 is 1.61 bits per heavy atom. The Morgan fingerprint density at radius 1 is 0.848 bits per heavy atom. The fourth-order valence-electron chi connectivity index (χ4n) is 6.09. The molecule has 1 aliphatic rings. The fraction of sp³-hybridized carbons (Fsp3) is 0.421. The molecule has 2 amide bonds. The third kappa shape index (κ3) is 8.66. The molecule has 1 unspecified atom stereocenters. The number of para-hydroxylation sites is 1. The Morgan fingerprint density at radius 3 is 2.35 bits per heavy atom. The molecule has 0 N–H and O–H groups in total. The van der Waals surface area contributed by atoms with Gasteiger partial charge in [0.2, 0.25) is 5.91 Å². The summed E-state index contributed by atoms with van der Waals surface area (Å²) in [7, 11) is 0. The van der Waals surface area contributed by atoms with Crippen molar-refractivity contribution in [1.82, 2.24) is 24.6 Å². The molecule has 0 bridgehead atoms. The van der Waals surface area contributed by atoms with Crippen LogP contribution in [-0.2, 0) is 17.6 Å². The van der Waals surface area contributed by atoms with Crippen LogP contribution in [0.4, 0.5) is 0 Å². The van der Waals surface area contributed by atoms with Crippen LogP contribution < -0.4 is 0 Å². The molecular weight excluding hydrogens is 591 g/mol. The Balaban J connectivity index is 1.09. The fourth-order valence-corrected chi connectivity index (χ4v) is 7.05. The molecule has 4 aromatic rings. The van der Waals surface area contributed by atoms with Crippen LogP contribution in [0.15, 0.2) is 84.0 Å². The van der Waals surface area contributed by atoms with Crippen molar-refractivity contribution in [1.29, 1.82) is 0 Å². The summed E-state index contributed by atoms with van der Waals surface area (Å²) < 4.78 is 2.18. The highest BCUT2D eigenvalue weighted by Crippen LogP contribution is 2.26. The number of amides is 2. The molecular formula is C38H47N5O2S. The Kier molecular flexibility index (Phi) is 12.1. The summed E-state index contributed by atoms with van der Waals surface area (Å²) in [5.74, 6) is 2.01. The molecule has 1 atom stereocenters. The summed E-state index contributed by atoms with van der Waals surface area (Å²) >= 11 is 1.70. The van der Waals surface area contributed by atoms with Gasteiger partial charge in [-0.1, -0.05) is 92.2 Å². The number of nitrogens with zero attached hydrogens (tertiary/aromatic N) is 5. The van der Waals surface area contributed by atoms with Crippen molar-refractivity contribution >= 4 is 23.6 Å². The molecule has 5 rings (SSSR count). The number of thioether (sulfide) groups is 1. The van der Waals surface area contributed by atoms with Crippen molar-refractivity contribution in [2.24, 2.45) is 0 Å². The number of unbranched alkanes of at least 4 members (excludes halogenated alkanes) is 3. The normalized spacial score (nSPS) is 14.9. The van der Waals surface area contributed by atoms with E-state index in [2.05, 4.69) is 89.3 Å². The molecule has 2 heterocycles. The van der Waals surface area contributed by atoms with Gasteiger partial charge in [0.05, 0.1) is 5.69 Å². The van der Waals surface area contributed by atoms with E-state index in [9.17, 15) is 9.59 Å². The maximum Gasteiger partial charge on any atom is 0.254 e. The zero-order chi connectivity index (χ0) is 32.3. The van der Waals surface area contributed by atoms with E-state index in [1.54, 1.807) is 11.8 Å². The Hall–Kier alpha value is -3.91. The van der Waals surface area contributed by atoms with E-state index in [0.29, 0.717) is 32.5 Å². The molecule has 0 radical (unpaired) electrons. The SMILES string of the molecule is CCCCCc1ccc(C(=O)N2CCN(C(=O)CCCCSc3nnc(Cc4ccccc4)n3-c3ccccc3C)CC2C)cc1. The van der Waals surface area contributed by atoms with Gasteiger partial charge in [-0.05, 0) is 74.4 Å². The third-order valence-electron chi connectivity index (χ3n) is 8.79. The van der Waals surface area contributed by atoms with Crippen molar-refractivity contribution < 1.29 is 9.59 Å². The van der Waals surface area contributed by atoms with E-state index < -0.39 is 0 Å². The van der Waals surface area contributed by atoms with Crippen LogP contribution in [0.25, 0.3) is 5.69 Å². The Bertz CT molecular complexity index is 1570. The van der Waals surface area contributed by atoms with E-state index in [1.807, 2.05) is 34.9 Å². The quantitative estimate of drug-likeness (QED) is 0.106.